The topological polar surface area (TPSA) is 78.4 Å². The molecule has 1 fully saturated rings. The van der Waals surface area contributed by atoms with Crippen molar-refractivity contribution in [1.82, 2.24) is 20.2 Å². The predicted molar refractivity (Wildman–Crippen MR) is 99.4 cm³/mol. The summed E-state index contributed by atoms with van der Waals surface area (Å²) < 4.78 is 0. The molecule has 1 saturated heterocycles. The minimum Gasteiger partial charge on any atom is -0.350 e. The number of rotatable bonds is 6. The van der Waals surface area contributed by atoms with Crippen molar-refractivity contribution in [2.45, 2.75) is 6.42 Å². The fourth-order valence-electron chi connectivity index (χ4n) is 2.76. The lowest BCUT2D eigenvalue weighted by Gasteiger charge is -2.32. The van der Waals surface area contributed by atoms with Crippen LogP contribution < -0.4 is 10.2 Å². The molecule has 136 valence electrons. The maximum Gasteiger partial charge on any atom is 0.270 e. The Bertz CT molecular complexity index is 778. The van der Waals surface area contributed by atoms with Gasteiger partial charge in [0.15, 0.2) is 0 Å². The van der Waals surface area contributed by atoms with Gasteiger partial charge in [-0.25, -0.2) is 9.97 Å². The van der Waals surface area contributed by atoms with Crippen LogP contribution in [0, 0.1) is 0 Å². The molecule has 1 aliphatic rings. The summed E-state index contributed by atoms with van der Waals surface area (Å²) in [6.07, 6.45) is 3.13. The lowest BCUT2D eigenvalue weighted by molar-refractivity contribution is -0.118. The zero-order valence-electron chi connectivity index (χ0n) is 14.3. The first kappa shape index (κ1) is 18.1. The molecule has 0 saturated carbocycles. The van der Waals surface area contributed by atoms with Crippen LogP contribution in [0.2, 0.25) is 5.02 Å². The second-order valence-corrected chi connectivity index (χ2v) is 6.44. The van der Waals surface area contributed by atoms with Crippen molar-refractivity contribution >= 4 is 29.9 Å². The highest BCUT2D eigenvalue weighted by Crippen LogP contribution is 2.12. The summed E-state index contributed by atoms with van der Waals surface area (Å²) in [5.41, 5.74) is 1.40. The number of aromatic nitrogens is 2. The van der Waals surface area contributed by atoms with Gasteiger partial charge in [0.25, 0.3) is 5.91 Å². The van der Waals surface area contributed by atoms with Crippen molar-refractivity contribution in [3.05, 3.63) is 52.8 Å². The molecule has 1 N–H and O–H groups in total. The van der Waals surface area contributed by atoms with Crippen molar-refractivity contribution in [3.8, 4) is 0 Å². The molecule has 2 amide bonds. The van der Waals surface area contributed by atoms with Gasteiger partial charge in [-0.1, -0.05) is 23.7 Å². The van der Waals surface area contributed by atoms with Crippen LogP contribution in [-0.4, -0.2) is 59.9 Å². The van der Waals surface area contributed by atoms with E-state index in [0.717, 1.165) is 12.0 Å². The number of piperazine rings is 1. The number of anilines is 1. The Morgan fingerprint density at radius 1 is 1.23 bits per heavy atom. The lowest BCUT2D eigenvalue weighted by atomic mass is 10.1. The van der Waals surface area contributed by atoms with Gasteiger partial charge in [0.2, 0.25) is 12.4 Å². The Morgan fingerprint density at radius 3 is 2.77 bits per heavy atom. The first-order chi connectivity index (χ1) is 12.7. The minimum atomic E-state index is -0.234. The molecule has 7 nitrogen and oxygen atoms in total. The summed E-state index contributed by atoms with van der Waals surface area (Å²) in [5, 5.41) is 3.55. The van der Waals surface area contributed by atoms with E-state index < -0.39 is 0 Å². The van der Waals surface area contributed by atoms with Crippen LogP contribution in [-0.2, 0) is 11.2 Å². The number of amides is 2. The Labute approximate surface area is 157 Å². The van der Waals surface area contributed by atoms with Gasteiger partial charge in [0.05, 0.1) is 0 Å². The van der Waals surface area contributed by atoms with Crippen molar-refractivity contribution in [2.24, 2.45) is 0 Å². The maximum absolute atomic E-state index is 12.3. The second-order valence-electron chi connectivity index (χ2n) is 6.01. The fourth-order valence-corrected chi connectivity index (χ4v) is 2.97. The van der Waals surface area contributed by atoms with Crippen molar-refractivity contribution in [3.63, 3.8) is 0 Å². The first-order valence-electron chi connectivity index (χ1n) is 8.46. The zero-order chi connectivity index (χ0) is 18.4. The van der Waals surface area contributed by atoms with Gasteiger partial charge < -0.3 is 15.1 Å². The molecule has 0 spiro atoms. The number of carbonyl (C=O) groups is 2. The van der Waals surface area contributed by atoms with Crippen LogP contribution >= 0.6 is 11.6 Å². The highest BCUT2D eigenvalue weighted by atomic mass is 35.5. The van der Waals surface area contributed by atoms with Crippen molar-refractivity contribution in [2.75, 3.05) is 37.6 Å². The average Bonchev–Trinajstić information content (AvgIpc) is 2.68. The smallest absolute Gasteiger partial charge is 0.270 e. The molecule has 2 heterocycles. The molecule has 0 aliphatic carbocycles. The Hall–Kier alpha value is -2.67. The fraction of sp³-hybridized carbons (Fsp3) is 0.333. The van der Waals surface area contributed by atoms with Crippen LogP contribution in [0.1, 0.15) is 16.1 Å². The van der Waals surface area contributed by atoms with E-state index in [-0.39, 0.29) is 5.91 Å². The van der Waals surface area contributed by atoms with Gasteiger partial charge in [-0.05, 0) is 30.2 Å². The third kappa shape index (κ3) is 4.70. The van der Waals surface area contributed by atoms with E-state index in [1.807, 2.05) is 29.2 Å². The summed E-state index contributed by atoms with van der Waals surface area (Å²) in [4.78, 5) is 35.4. The number of nitrogens with one attached hydrogen (secondary N) is 1. The molecule has 0 radical (unpaired) electrons. The highest BCUT2D eigenvalue weighted by molar-refractivity contribution is 6.30. The molecular weight excluding hydrogens is 354 g/mol. The van der Waals surface area contributed by atoms with Gasteiger partial charge in [0, 0.05) is 43.9 Å². The van der Waals surface area contributed by atoms with E-state index in [9.17, 15) is 9.59 Å². The summed E-state index contributed by atoms with van der Waals surface area (Å²) in [7, 11) is 0. The normalized spacial score (nSPS) is 14.2. The van der Waals surface area contributed by atoms with Crippen molar-refractivity contribution < 1.29 is 9.59 Å². The predicted octanol–water partition coefficient (Wildman–Crippen LogP) is 1.38. The van der Waals surface area contributed by atoms with E-state index >= 15 is 0 Å². The summed E-state index contributed by atoms with van der Waals surface area (Å²) in [6, 6.07) is 9.16. The number of nitrogens with zero attached hydrogens (tertiary/aromatic N) is 4. The van der Waals surface area contributed by atoms with Gasteiger partial charge in [-0.3, -0.25) is 9.59 Å². The van der Waals surface area contributed by atoms with E-state index in [2.05, 4.69) is 15.3 Å². The van der Waals surface area contributed by atoms with Crippen LogP contribution in [0.5, 0.6) is 0 Å². The van der Waals surface area contributed by atoms with Crippen LogP contribution in [0.4, 0.5) is 5.95 Å². The van der Waals surface area contributed by atoms with Gasteiger partial charge in [-0.15, -0.1) is 0 Å². The van der Waals surface area contributed by atoms with E-state index in [1.165, 1.54) is 0 Å². The van der Waals surface area contributed by atoms with E-state index in [4.69, 9.17) is 11.6 Å². The Kier molecular flexibility index (Phi) is 6.01. The van der Waals surface area contributed by atoms with Gasteiger partial charge in [-0.2, -0.15) is 0 Å². The molecular formula is C18H20ClN5O2. The molecule has 1 aromatic heterocycles. The van der Waals surface area contributed by atoms with Gasteiger partial charge >= 0.3 is 0 Å². The largest absolute Gasteiger partial charge is 0.350 e. The number of carbonyl (C=O) groups excluding carboxylic acids is 2. The second kappa shape index (κ2) is 8.62. The molecule has 2 aromatic rings. The summed E-state index contributed by atoms with van der Waals surface area (Å²) >= 11 is 5.96. The molecule has 3 rings (SSSR count). The lowest BCUT2D eigenvalue weighted by Crippen LogP contribution is -2.46. The standard InChI is InChI=1S/C18H20ClN5O2/c19-15-3-1-2-14(12-15)4-6-20-17(26)16-5-7-21-18(22-16)24-10-8-23(13-25)9-11-24/h1-3,5,7,12-13H,4,6,8-11H2,(H,20,26). The SMILES string of the molecule is O=CN1CCN(c2nccc(C(=O)NCCc3cccc(Cl)c3)n2)CC1. The molecule has 0 bridgehead atoms. The Balaban J connectivity index is 1.55. The molecule has 0 unspecified atom stereocenters. The van der Waals surface area contributed by atoms with Crippen LogP contribution in [0.3, 0.4) is 0 Å². The first-order valence-corrected chi connectivity index (χ1v) is 8.83. The molecule has 0 atom stereocenters. The quantitative estimate of drug-likeness (QED) is 0.774. The number of halogens is 1. The van der Waals surface area contributed by atoms with Gasteiger partial charge in [0.1, 0.15) is 5.69 Å². The number of hydrogen-bond donors (Lipinski definition) is 1. The van der Waals surface area contributed by atoms with Crippen LogP contribution in [0.15, 0.2) is 36.5 Å². The minimum absolute atomic E-state index is 0.234. The third-order valence-corrected chi connectivity index (χ3v) is 4.45. The monoisotopic (exact) mass is 373 g/mol. The summed E-state index contributed by atoms with van der Waals surface area (Å²) in [5.74, 6) is 0.278. The maximum atomic E-state index is 12.3. The Morgan fingerprint density at radius 2 is 2.04 bits per heavy atom. The molecule has 1 aromatic carbocycles. The van der Waals surface area contributed by atoms with Crippen molar-refractivity contribution in [1.29, 1.82) is 0 Å². The molecule has 1 aliphatic heterocycles. The number of hydrogen-bond acceptors (Lipinski definition) is 5. The molecule has 26 heavy (non-hydrogen) atoms. The summed E-state index contributed by atoms with van der Waals surface area (Å²) in [6.45, 7) is 3.06. The van der Waals surface area contributed by atoms with E-state index in [0.29, 0.717) is 55.8 Å². The number of benzene rings is 1. The van der Waals surface area contributed by atoms with E-state index in [1.54, 1.807) is 17.2 Å². The third-order valence-electron chi connectivity index (χ3n) is 4.21. The molecule has 8 heteroatoms. The average molecular weight is 374 g/mol. The highest BCUT2D eigenvalue weighted by Gasteiger charge is 2.19. The van der Waals surface area contributed by atoms with Crippen LogP contribution in [0.25, 0.3) is 0 Å². The zero-order valence-corrected chi connectivity index (χ0v) is 15.0.